The molecule has 5 heteroatoms. The molecule has 1 heterocycles. The van der Waals surface area contributed by atoms with E-state index >= 15 is 0 Å². The quantitative estimate of drug-likeness (QED) is 0.535. The van der Waals surface area contributed by atoms with Crippen molar-refractivity contribution in [3.05, 3.63) is 0 Å². The van der Waals surface area contributed by atoms with Gasteiger partial charge in [0.1, 0.15) is 0 Å². The van der Waals surface area contributed by atoms with Gasteiger partial charge in [0.15, 0.2) is 10.8 Å². The third-order valence-electron chi connectivity index (χ3n) is 1.72. The zero-order chi connectivity index (χ0) is 9.35. The first-order chi connectivity index (χ1) is 5.47. The van der Waals surface area contributed by atoms with Crippen LogP contribution < -0.4 is 5.32 Å². The zero-order valence-electron chi connectivity index (χ0n) is 7.46. The van der Waals surface area contributed by atoms with Crippen molar-refractivity contribution >= 4 is 23.0 Å². The highest BCUT2D eigenvalue weighted by Crippen LogP contribution is 2.23. The van der Waals surface area contributed by atoms with Crippen LogP contribution in [0.2, 0.25) is 0 Å². The molecule has 0 unspecified atom stereocenters. The molecule has 12 heavy (non-hydrogen) atoms. The van der Waals surface area contributed by atoms with Crippen molar-refractivity contribution in [3.63, 3.8) is 0 Å². The third kappa shape index (κ3) is 1.56. The van der Waals surface area contributed by atoms with Crippen LogP contribution in [0.25, 0.3) is 0 Å². The molecule has 1 rings (SSSR count). The highest BCUT2D eigenvalue weighted by molar-refractivity contribution is 7.80. The highest BCUT2D eigenvalue weighted by Gasteiger charge is 2.36. The number of nitrogens with zero attached hydrogens (tertiary/aromatic N) is 2. The molecule has 0 amide bonds. The van der Waals surface area contributed by atoms with Crippen LogP contribution in [0.1, 0.15) is 20.3 Å². The van der Waals surface area contributed by atoms with Gasteiger partial charge in [-0.15, -0.1) is 0 Å². The van der Waals surface area contributed by atoms with E-state index in [4.69, 9.17) is 12.2 Å². The Morgan fingerprint density at radius 1 is 1.83 bits per heavy atom. The summed E-state index contributed by atoms with van der Waals surface area (Å²) in [6, 6.07) is 0. The number of nitrogens with one attached hydrogen (secondary N) is 1. The molecule has 2 N–H and O–H groups in total. The minimum Gasteiger partial charge on any atom is -0.369 e. The molecular formula is C7H13N3OS. The lowest BCUT2D eigenvalue weighted by Gasteiger charge is -2.28. The maximum Gasteiger partial charge on any atom is 0.192 e. The van der Waals surface area contributed by atoms with Crippen LogP contribution in [-0.2, 0) is 0 Å². The predicted molar refractivity (Wildman–Crippen MR) is 51.8 cm³/mol. The normalized spacial score (nSPS) is 28.7. The number of hydrogen-bond acceptors (Lipinski definition) is 3. The summed E-state index contributed by atoms with van der Waals surface area (Å²) in [6.07, 6.45) is 0.537. The Kier molecular flexibility index (Phi) is 2.34. The van der Waals surface area contributed by atoms with Gasteiger partial charge >= 0.3 is 0 Å². The van der Waals surface area contributed by atoms with E-state index < -0.39 is 5.72 Å². The number of thiocarbonyl (C=S) groups is 1. The first kappa shape index (κ1) is 9.41. The number of hydrazone groups is 1. The molecule has 0 aromatic carbocycles. The SMILES string of the molecule is CNC(=S)N1N=C(C)C[C@@]1(C)O. The van der Waals surface area contributed by atoms with E-state index in [9.17, 15) is 5.11 Å². The van der Waals surface area contributed by atoms with E-state index in [0.29, 0.717) is 11.5 Å². The van der Waals surface area contributed by atoms with Crippen LogP contribution in [0.3, 0.4) is 0 Å². The average Bonchev–Trinajstić information content (AvgIpc) is 2.23. The second kappa shape index (κ2) is 2.99. The van der Waals surface area contributed by atoms with Gasteiger partial charge in [-0.1, -0.05) is 0 Å². The lowest BCUT2D eigenvalue weighted by molar-refractivity contribution is -0.0330. The highest BCUT2D eigenvalue weighted by atomic mass is 32.1. The first-order valence-corrected chi connectivity index (χ1v) is 4.16. The minimum atomic E-state index is -0.968. The van der Waals surface area contributed by atoms with Crippen LogP contribution in [0.4, 0.5) is 0 Å². The van der Waals surface area contributed by atoms with E-state index in [-0.39, 0.29) is 0 Å². The Balaban J connectivity index is 2.82. The molecule has 0 saturated heterocycles. The van der Waals surface area contributed by atoms with E-state index in [0.717, 1.165) is 5.71 Å². The van der Waals surface area contributed by atoms with Gasteiger partial charge in [0.25, 0.3) is 0 Å². The van der Waals surface area contributed by atoms with Gasteiger partial charge in [0.05, 0.1) is 0 Å². The van der Waals surface area contributed by atoms with Crippen LogP contribution in [0.15, 0.2) is 5.10 Å². The van der Waals surface area contributed by atoms with E-state index in [1.807, 2.05) is 6.92 Å². The molecule has 4 nitrogen and oxygen atoms in total. The minimum absolute atomic E-state index is 0.442. The fraction of sp³-hybridized carbons (Fsp3) is 0.714. The summed E-state index contributed by atoms with van der Waals surface area (Å²) in [4.78, 5) is 0. The van der Waals surface area contributed by atoms with Crippen LogP contribution in [0, 0.1) is 0 Å². The maximum atomic E-state index is 9.81. The summed E-state index contributed by atoms with van der Waals surface area (Å²) < 4.78 is 0. The summed E-state index contributed by atoms with van der Waals surface area (Å²) in [6.45, 7) is 3.56. The van der Waals surface area contributed by atoms with Crippen LogP contribution >= 0.6 is 12.2 Å². The lowest BCUT2D eigenvalue weighted by Crippen LogP contribution is -2.46. The Morgan fingerprint density at radius 2 is 2.42 bits per heavy atom. The van der Waals surface area contributed by atoms with Crippen LogP contribution in [0.5, 0.6) is 0 Å². The molecule has 0 aromatic heterocycles. The fourth-order valence-electron chi connectivity index (χ4n) is 1.24. The van der Waals surface area contributed by atoms with Gasteiger partial charge in [-0.25, -0.2) is 5.01 Å². The first-order valence-electron chi connectivity index (χ1n) is 3.76. The van der Waals surface area contributed by atoms with Crippen molar-refractivity contribution in [2.45, 2.75) is 26.0 Å². The molecule has 0 radical (unpaired) electrons. The molecule has 1 aliphatic rings. The van der Waals surface area contributed by atoms with Crippen molar-refractivity contribution in [3.8, 4) is 0 Å². The zero-order valence-corrected chi connectivity index (χ0v) is 8.27. The number of rotatable bonds is 0. The fourth-order valence-corrected chi connectivity index (χ4v) is 1.48. The predicted octanol–water partition coefficient (Wildman–Crippen LogP) is 0.281. The monoisotopic (exact) mass is 187 g/mol. The largest absolute Gasteiger partial charge is 0.369 e. The maximum absolute atomic E-state index is 9.81. The molecule has 1 atom stereocenters. The number of aliphatic hydroxyl groups is 1. The van der Waals surface area contributed by atoms with Crippen LogP contribution in [-0.4, -0.2) is 33.7 Å². The molecular weight excluding hydrogens is 174 g/mol. The molecule has 1 aliphatic heterocycles. The van der Waals surface area contributed by atoms with E-state index in [1.165, 1.54) is 5.01 Å². The van der Waals surface area contributed by atoms with Crippen molar-refractivity contribution in [2.75, 3.05) is 7.05 Å². The van der Waals surface area contributed by atoms with Crippen molar-refractivity contribution < 1.29 is 5.11 Å². The molecule has 0 aliphatic carbocycles. The summed E-state index contributed by atoms with van der Waals surface area (Å²) >= 11 is 4.96. The second-order valence-corrected chi connectivity index (χ2v) is 3.48. The third-order valence-corrected chi connectivity index (χ3v) is 2.10. The van der Waals surface area contributed by atoms with Gasteiger partial charge < -0.3 is 10.4 Å². The Bertz CT molecular complexity index is 237. The molecule has 0 spiro atoms. The Hall–Kier alpha value is -0.680. The van der Waals surface area contributed by atoms with Gasteiger partial charge in [-0.05, 0) is 26.1 Å². The van der Waals surface area contributed by atoms with Gasteiger partial charge in [-0.2, -0.15) is 5.10 Å². The van der Waals surface area contributed by atoms with Gasteiger partial charge in [-0.3, -0.25) is 0 Å². The molecule has 0 saturated carbocycles. The Morgan fingerprint density at radius 3 is 2.75 bits per heavy atom. The Labute approximate surface area is 77.3 Å². The molecule has 68 valence electrons. The smallest absolute Gasteiger partial charge is 0.192 e. The second-order valence-electron chi connectivity index (χ2n) is 3.10. The number of hydrogen-bond donors (Lipinski definition) is 2. The van der Waals surface area contributed by atoms with E-state index in [1.54, 1.807) is 14.0 Å². The van der Waals surface area contributed by atoms with E-state index in [2.05, 4.69) is 10.4 Å². The summed E-state index contributed by atoms with van der Waals surface area (Å²) in [5, 5.41) is 18.6. The lowest BCUT2D eigenvalue weighted by atomic mass is 10.1. The van der Waals surface area contributed by atoms with Crippen molar-refractivity contribution in [1.29, 1.82) is 0 Å². The molecule has 0 aromatic rings. The van der Waals surface area contributed by atoms with Gasteiger partial charge in [0, 0.05) is 19.2 Å². The summed E-state index contributed by atoms with van der Waals surface area (Å²) in [5.41, 5.74) is -0.0814. The average molecular weight is 187 g/mol. The van der Waals surface area contributed by atoms with Gasteiger partial charge in [0.2, 0.25) is 0 Å². The standard InChI is InChI=1S/C7H13N3OS/c1-5-4-7(2,11)10(9-5)6(12)8-3/h11H,4H2,1-3H3,(H,8,12)/t7-/m1/s1. The van der Waals surface area contributed by atoms with Crippen molar-refractivity contribution in [2.24, 2.45) is 5.10 Å². The summed E-state index contributed by atoms with van der Waals surface area (Å²) in [5.74, 6) is 0. The van der Waals surface area contributed by atoms with Crippen molar-refractivity contribution in [1.82, 2.24) is 10.3 Å². The topological polar surface area (TPSA) is 47.9 Å². The molecule has 0 bridgehead atoms. The molecule has 0 fully saturated rings. The summed E-state index contributed by atoms with van der Waals surface area (Å²) in [7, 11) is 1.71.